The molecule has 1 atom stereocenters. The molecule has 39 heavy (non-hydrogen) atoms. The van der Waals surface area contributed by atoms with Crippen molar-refractivity contribution in [1.82, 2.24) is 0 Å². The zero-order valence-electron chi connectivity index (χ0n) is 25.6. The van der Waals surface area contributed by atoms with Gasteiger partial charge in [-0.15, -0.1) is 0 Å². The highest BCUT2D eigenvalue weighted by Gasteiger charge is 2.30. The number of hydrogen-bond donors (Lipinski definition) is 1. The molecule has 0 fully saturated rings. The van der Waals surface area contributed by atoms with Gasteiger partial charge < -0.3 is 9.29 Å². The fraction of sp³-hybridized carbons (Fsp3) is 0.938. The SMILES string of the molecule is CCCCCCCCCCCCCCCCC(C(=O)CCCCCCCCCCC)C(=O)OS(=O)(=O)CCO. The van der Waals surface area contributed by atoms with Crippen molar-refractivity contribution >= 4 is 21.9 Å². The molecule has 0 aliphatic heterocycles. The number of carbonyl (C=O) groups is 2. The van der Waals surface area contributed by atoms with Gasteiger partial charge in [-0.05, 0) is 12.8 Å². The minimum atomic E-state index is -4.16. The molecule has 6 nitrogen and oxygen atoms in total. The van der Waals surface area contributed by atoms with Crippen molar-refractivity contribution in [2.24, 2.45) is 5.92 Å². The Bertz CT molecular complexity index is 676. The van der Waals surface area contributed by atoms with Gasteiger partial charge in [0.15, 0.2) is 0 Å². The predicted molar refractivity (Wildman–Crippen MR) is 162 cm³/mol. The van der Waals surface area contributed by atoms with E-state index >= 15 is 0 Å². The molecule has 0 aromatic heterocycles. The third-order valence-corrected chi connectivity index (χ3v) is 8.70. The average molecular weight is 575 g/mol. The van der Waals surface area contributed by atoms with E-state index < -0.39 is 34.4 Å². The highest BCUT2D eigenvalue weighted by atomic mass is 32.2. The lowest BCUT2D eigenvalue weighted by Crippen LogP contribution is -2.29. The van der Waals surface area contributed by atoms with Crippen molar-refractivity contribution in [3.8, 4) is 0 Å². The molecule has 0 spiro atoms. The van der Waals surface area contributed by atoms with Crippen molar-refractivity contribution in [3.05, 3.63) is 0 Å². The lowest BCUT2D eigenvalue weighted by molar-refractivity contribution is -0.144. The van der Waals surface area contributed by atoms with Gasteiger partial charge in [0.05, 0.1) is 6.61 Å². The van der Waals surface area contributed by atoms with Crippen LogP contribution >= 0.6 is 0 Å². The topological polar surface area (TPSA) is 97.7 Å². The van der Waals surface area contributed by atoms with Crippen LogP contribution in [0.3, 0.4) is 0 Å². The summed E-state index contributed by atoms with van der Waals surface area (Å²) < 4.78 is 28.4. The fourth-order valence-corrected chi connectivity index (χ4v) is 5.75. The van der Waals surface area contributed by atoms with E-state index in [1.807, 2.05) is 0 Å². The Morgan fingerprint density at radius 2 is 0.949 bits per heavy atom. The van der Waals surface area contributed by atoms with Gasteiger partial charge in [-0.25, -0.2) is 0 Å². The summed E-state index contributed by atoms with van der Waals surface area (Å²) in [6, 6.07) is 0. The zero-order valence-corrected chi connectivity index (χ0v) is 26.4. The van der Waals surface area contributed by atoms with Crippen LogP contribution in [0.2, 0.25) is 0 Å². The molecule has 1 unspecified atom stereocenters. The van der Waals surface area contributed by atoms with Gasteiger partial charge >= 0.3 is 16.1 Å². The van der Waals surface area contributed by atoms with Crippen molar-refractivity contribution in [2.45, 2.75) is 174 Å². The van der Waals surface area contributed by atoms with Crippen LogP contribution in [0.15, 0.2) is 0 Å². The van der Waals surface area contributed by atoms with E-state index in [9.17, 15) is 18.0 Å². The number of ketones is 1. The lowest BCUT2D eigenvalue weighted by Gasteiger charge is -2.15. The second-order valence-corrected chi connectivity index (χ2v) is 13.1. The molecule has 0 rings (SSSR count). The van der Waals surface area contributed by atoms with E-state index in [-0.39, 0.29) is 12.2 Å². The number of Topliss-reactive ketones (excluding diaryl/α,β-unsaturated/α-hetero) is 1. The molecule has 0 aromatic rings. The Balaban J connectivity index is 4.25. The summed E-state index contributed by atoms with van der Waals surface area (Å²) in [4.78, 5) is 25.5. The fourth-order valence-electron chi connectivity index (χ4n) is 5.07. The first-order valence-electron chi connectivity index (χ1n) is 16.5. The smallest absolute Gasteiger partial charge is 0.332 e. The maximum atomic E-state index is 12.9. The Kier molecular flexibility index (Phi) is 26.6. The molecule has 0 radical (unpaired) electrons. The second kappa shape index (κ2) is 27.2. The molecule has 0 aliphatic rings. The van der Waals surface area contributed by atoms with Crippen LogP contribution in [-0.4, -0.2) is 37.6 Å². The predicted octanol–water partition coefficient (Wildman–Crippen LogP) is 8.83. The average Bonchev–Trinajstić information content (AvgIpc) is 2.89. The van der Waals surface area contributed by atoms with Crippen molar-refractivity contribution in [3.63, 3.8) is 0 Å². The van der Waals surface area contributed by atoms with E-state index in [0.717, 1.165) is 38.5 Å². The minimum absolute atomic E-state index is 0.211. The van der Waals surface area contributed by atoms with E-state index in [1.165, 1.54) is 103 Å². The van der Waals surface area contributed by atoms with Crippen LogP contribution in [-0.2, 0) is 23.9 Å². The molecule has 0 bridgehead atoms. The monoisotopic (exact) mass is 574 g/mol. The largest absolute Gasteiger partial charge is 0.395 e. The first-order chi connectivity index (χ1) is 18.9. The van der Waals surface area contributed by atoms with Crippen LogP contribution in [0.25, 0.3) is 0 Å². The van der Waals surface area contributed by atoms with Gasteiger partial charge in [0.1, 0.15) is 17.5 Å². The molecule has 1 N–H and O–H groups in total. The third-order valence-electron chi connectivity index (χ3n) is 7.60. The molecule has 7 heteroatoms. The van der Waals surface area contributed by atoms with Crippen molar-refractivity contribution in [1.29, 1.82) is 0 Å². The van der Waals surface area contributed by atoms with Crippen LogP contribution < -0.4 is 0 Å². The van der Waals surface area contributed by atoms with Crippen LogP contribution in [0.5, 0.6) is 0 Å². The molecule has 0 heterocycles. The highest BCUT2D eigenvalue weighted by molar-refractivity contribution is 7.87. The summed E-state index contributed by atoms with van der Waals surface area (Å²) in [6.45, 7) is 3.84. The summed E-state index contributed by atoms with van der Waals surface area (Å²) in [7, 11) is -4.16. The number of aliphatic hydroxyl groups is 1. The molecule has 0 amide bonds. The quantitative estimate of drug-likeness (QED) is 0.0523. The van der Waals surface area contributed by atoms with Crippen molar-refractivity contribution in [2.75, 3.05) is 12.4 Å². The Hall–Kier alpha value is -0.950. The number of hydrogen-bond acceptors (Lipinski definition) is 6. The maximum absolute atomic E-state index is 12.9. The summed E-state index contributed by atoms with van der Waals surface area (Å²) in [5.74, 6) is -2.85. The molecular weight excluding hydrogens is 512 g/mol. The van der Waals surface area contributed by atoms with Crippen molar-refractivity contribution < 1.29 is 27.3 Å². The summed E-state index contributed by atoms with van der Waals surface area (Å²) in [6.07, 6.45) is 27.9. The number of aliphatic hydroxyl groups excluding tert-OH is 1. The Morgan fingerprint density at radius 3 is 1.33 bits per heavy atom. The lowest BCUT2D eigenvalue weighted by atomic mass is 9.93. The second-order valence-electron chi connectivity index (χ2n) is 11.4. The minimum Gasteiger partial charge on any atom is -0.395 e. The molecule has 0 aromatic carbocycles. The first-order valence-corrected chi connectivity index (χ1v) is 18.0. The van der Waals surface area contributed by atoms with E-state index in [2.05, 4.69) is 18.0 Å². The highest BCUT2D eigenvalue weighted by Crippen LogP contribution is 2.20. The summed E-state index contributed by atoms with van der Waals surface area (Å²) >= 11 is 0. The van der Waals surface area contributed by atoms with Gasteiger partial charge in [-0.3, -0.25) is 9.59 Å². The van der Waals surface area contributed by atoms with E-state index in [0.29, 0.717) is 12.8 Å². The molecular formula is C32H62O6S. The van der Waals surface area contributed by atoms with Gasteiger partial charge in [0.2, 0.25) is 0 Å². The van der Waals surface area contributed by atoms with Gasteiger partial charge in [-0.1, -0.05) is 155 Å². The van der Waals surface area contributed by atoms with Crippen LogP contribution in [0.4, 0.5) is 0 Å². The van der Waals surface area contributed by atoms with Gasteiger partial charge in [0.25, 0.3) is 0 Å². The Morgan fingerprint density at radius 1 is 0.590 bits per heavy atom. The normalized spacial score (nSPS) is 12.5. The van der Waals surface area contributed by atoms with Gasteiger partial charge in [-0.2, -0.15) is 8.42 Å². The molecule has 0 saturated heterocycles. The molecule has 0 aliphatic carbocycles. The Labute approximate surface area is 241 Å². The van der Waals surface area contributed by atoms with E-state index in [1.54, 1.807) is 0 Å². The number of rotatable bonds is 30. The molecule has 0 saturated carbocycles. The van der Waals surface area contributed by atoms with Crippen LogP contribution in [0, 0.1) is 5.92 Å². The number of unbranched alkanes of at least 4 members (excludes halogenated alkanes) is 21. The van der Waals surface area contributed by atoms with Gasteiger partial charge in [0, 0.05) is 6.42 Å². The third kappa shape index (κ3) is 24.6. The van der Waals surface area contributed by atoms with E-state index in [4.69, 9.17) is 5.11 Å². The summed E-state index contributed by atoms with van der Waals surface area (Å²) in [5.41, 5.74) is 0. The first kappa shape index (κ1) is 38.0. The standard InChI is InChI=1S/C32H62O6S/c1-3-5-7-9-11-13-14-15-16-17-19-20-22-24-26-30(32(35)38-39(36,37)29-28-33)31(34)27-25-23-21-18-12-10-8-6-4-2/h30,33H,3-29H2,1-2H3. The zero-order chi connectivity index (χ0) is 29.0. The van der Waals surface area contributed by atoms with Crippen LogP contribution in [0.1, 0.15) is 174 Å². The maximum Gasteiger partial charge on any atom is 0.332 e. The summed E-state index contributed by atoms with van der Waals surface area (Å²) in [5, 5.41) is 8.92. The molecule has 232 valence electrons. The number of carbonyl (C=O) groups excluding carboxylic acids is 2.